The molecule has 1 amide bonds. The third-order valence-corrected chi connectivity index (χ3v) is 6.74. The zero-order chi connectivity index (χ0) is 22.0. The van der Waals surface area contributed by atoms with Crippen molar-refractivity contribution in [3.8, 4) is 12.1 Å². The van der Waals surface area contributed by atoms with E-state index < -0.39 is 5.54 Å². The van der Waals surface area contributed by atoms with E-state index in [4.69, 9.17) is 17.5 Å². The molecule has 1 aliphatic heterocycles. The largest absolute Gasteiger partial charge is 0.303 e. The van der Waals surface area contributed by atoms with Gasteiger partial charge in [0.1, 0.15) is 5.54 Å². The molecule has 4 rings (SSSR count). The van der Waals surface area contributed by atoms with E-state index in [1.807, 2.05) is 30.0 Å². The maximum absolute atomic E-state index is 13.7. The highest BCUT2D eigenvalue weighted by molar-refractivity contribution is 7.81. The number of hydrogen-bond donors (Lipinski definition) is 0. The van der Waals surface area contributed by atoms with E-state index >= 15 is 0 Å². The van der Waals surface area contributed by atoms with Crippen LogP contribution in [0.3, 0.4) is 0 Å². The molecule has 156 valence electrons. The predicted molar refractivity (Wildman–Crippen MR) is 125 cm³/mol. The van der Waals surface area contributed by atoms with Crippen LogP contribution >= 0.6 is 12.2 Å². The van der Waals surface area contributed by atoms with Gasteiger partial charge in [-0.25, -0.2) is 0 Å². The fraction of sp³-hybridized carbons (Fsp3) is 0.360. The van der Waals surface area contributed by atoms with Crippen LogP contribution in [0.15, 0.2) is 42.5 Å². The van der Waals surface area contributed by atoms with E-state index in [1.165, 1.54) is 5.56 Å². The molecule has 1 heterocycles. The summed E-state index contributed by atoms with van der Waals surface area (Å²) in [6, 6.07) is 18.0. The summed E-state index contributed by atoms with van der Waals surface area (Å²) in [5.74, 6) is 0.0252. The topological polar surface area (TPSA) is 71.1 Å². The van der Waals surface area contributed by atoms with Crippen molar-refractivity contribution in [3.05, 3.63) is 59.2 Å². The molecule has 0 aromatic heterocycles. The number of benzene rings is 2. The normalized spacial score (nSPS) is 17.3. The summed E-state index contributed by atoms with van der Waals surface area (Å²) in [5.41, 5.74) is 3.61. The lowest BCUT2D eigenvalue weighted by Crippen LogP contribution is -2.47. The first-order chi connectivity index (χ1) is 15.0. The SMILES string of the molecule is Cc1cc(N2C(=O)C3(CCCC3)N(c3ccc(CCCC#N)cc3)C2=S)ccc1C#N. The van der Waals surface area contributed by atoms with Gasteiger partial charge in [-0.15, -0.1) is 0 Å². The molecule has 2 aromatic rings. The van der Waals surface area contributed by atoms with E-state index in [9.17, 15) is 10.1 Å². The van der Waals surface area contributed by atoms with Crippen LogP contribution in [0, 0.1) is 29.6 Å². The number of carbonyl (C=O) groups excluding carboxylic acids is 1. The van der Waals surface area contributed by atoms with Crippen LogP contribution in [-0.4, -0.2) is 16.6 Å². The molecule has 2 fully saturated rings. The smallest absolute Gasteiger partial charge is 0.259 e. The number of rotatable bonds is 5. The third kappa shape index (κ3) is 3.58. The number of nitrogens with zero attached hydrogens (tertiary/aromatic N) is 4. The minimum atomic E-state index is -0.638. The molecule has 0 bridgehead atoms. The van der Waals surface area contributed by atoms with Crippen LogP contribution in [0.5, 0.6) is 0 Å². The first-order valence-electron chi connectivity index (χ1n) is 10.7. The number of thiocarbonyl (C=S) groups is 1. The van der Waals surface area contributed by atoms with Crippen LogP contribution < -0.4 is 9.80 Å². The van der Waals surface area contributed by atoms with Crippen LogP contribution in [-0.2, 0) is 11.2 Å². The number of hydrogen-bond acceptors (Lipinski definition) is 4. The highest BCUT2D eigenvalue weighted by atomic mass is 32.1. The van der Waals surface area contributed by atoms with E-state index in [2.05, 4.69) is 24.3 Å². The number of unbranched alkanes of at least 4 members (excludes halogenated alkanes) is 1. The highest BCUT2D eigenvalue weighted by Crippen LogP contribution is 2.46. The third-order valence-electron chi connectivity index (χ3n) is 6.38. The van der Waals surface area contributed by atoms with Crippen molar-refractivity contribution in [1.29, 1.82) is 10.5 Å². The summed E-state index contributed by atoms with van der Waals surface area (Å²) in [5, 5.41) is 18.5. The molecule has 1 aliphatic carbocycles. The maximum atomic E-state index is 13.7. The van der Waals surface area contributed by atoms with Crippen molar-refractivity contribution in [2.24, 2.45) is 0 Å². The molecule has 1 spiro atoms. The standard InChI is InChI=1S/C25H24N4OS/c1-18-16-22(12-9-20(18)17-27)28-23(30)25(13-3-4-14-25)29(24(28)31)21-10-7-19(8-11-21)6-2-5-15-26/h7-12,16H,2-6,13-14H2,1H3. The van der Waals surface area contributed by atoms with Gasteiger partial charge in [0.05, 0.1) is 23.4 Å². The second kappa shape index (κ2) is 8.49. The molecule has 31 heavy (non-hydrogen) atoms. The molecular weight excluding hydrogens is 404 g/mol. The van der Waals surface area contributed by atoms with Gasteiger partial charge < -0.3 is 4.90 Å². The zero-order valence-electron chi connectivity index (χ0n) is 17.6. The van der Waals surface area contributed by atoms with Crippen LogP contribution in [0.2, 0.25) is 0 Å². The van der Waals surface area contributed by atoms with Crippen molar-refractivity contribution in [2.45, 2.75) is 57.4 Å². The fourth-order valence-electron chi connectivity index (χ4n) is 4.75. The average Bonchev–Trinajstić information content (AvgIpc) is 3.33. The lowest BCUT2D eigenvalue weighted by atomic mass is 9.94. The van der Waals surface area contributed by atoms with Gasteiger partial charge in [0.15, 0.2) is 5.11 Å². The Morgan fingerprint density at radius 1 is 1.06 bits per heavy atom. The number of amides is 1. The van der Waals surface area contributed by atoms with E-state index in [0.717, 1.165) is 49.8 Å². The average molecular weight is 429 g/mol. The molecule has 2 aromatic carbocycles. The van der Waals surface area contributed by atoms with Crippen molar-refractivity contribution >= 4 is 34.6 Å². The van der Waals surface area contributed by atoms with Crippen molar-refractivity contribution in [3.63, 3.8) is 0 Å². The summed E-state index contributed by atoms with van der Waals surface area (Å²) in [6.07, 6.45) is 5.80. The molecule has 1 saturated carbocycles. The lowest BCUT2D eigenvalue weighted by Gasteiger charge is -2.32. The van der Waals surface area contributed by atoms with Crippen LogP contribution in [0.1, 0.15) is 55.2 Å². The quantitative estimate of drug-likeness (QED) is 0.486. The van der Waals surface area contributed by atoms with Gasteiger partial charge in [-0.3, -0.25) is 9.69 Å². The number of carbonyl (C=O) groups is 1. The molecule has 6 heteroatoms. The Bertz CT molecular complexity index is 1100. The summed E-state index contributed by atoms with van der Waals surface area (Å²) in [4.78, 5) is 17.4. The Kier molecular flexibility index (Phi) is 5.76. The van der Waals surface area contributed by atoms with Crippen molar-refractivity contribution < 1.29 is 4.79 Å². The minimum Gasteiger partial charge on any atom is -0.303 e. The van der Waals surface area contributed by atoms with Gasteiger partial charge in [0, 0.05) is 12.1 Å². The monoisotopic (exact) mass is 428 g/mol. The molecule has 2 aliphatic rings. The van der Waals surface area contributed by atoms with Crippen molar-refractivity contribution in [1.82, 2.24) is 0 Å². The molecule has 5 nitrogen and oxygen atoms in total. The van der Waals surface area contributed by atoms with Crippen LogP contribution in [0.25, 0.3) is 0 Å². The number of aryl methyl sites for hydroxylation is 2. The minimum absolute atomic E-state index is 0.0252. The van der Waals surface area contributed by atoms with E-state index in [-0.39, 0.29) is 5.91 Å². The number of nitriles is 2. The summed E-state index contributed by atoms with van der Waals surface area (Å²) < 4.78 is 0. The Morgan fingerprint density at radius 3 is 2.35 bits per heavy atom. The van der Waals surface area contributed by atoms with Gasteiger partial charge in [-0.05, 0) is 86.3 Å². The predicted octanol–water partition coefficient (Wildman–Crippen LogP) is 5.16. The van der Waals surface area contributed by atoms with Gasteiger partial charge in [-0.2, -0.15) is 10.5 Å². The van der Waals surface area contributed by atoms with E-state index in [0.29, 0.717) is 22.8 Å². The van der Waals surface area contributed by atoms with E-state index in [1.54, 1.807) is 17.0 Å². The van der Waals surface area contributed by atoms with Gasteiger partial charge >= 0.3 is 0 Å². The summed E-state index contributed by atoms with van der Waals surface area (Å²) in [6.45, 7) is 1.87. The maximum Gasteiger partial charge on any atom is 0.259 e. The zero-order valence-corrected chi connectivity index (χ0v) is 18.4. The molecule has 1 saturated heterocycles. The highest BCUT2D eigenvalue weighted by Gasteiger charge is 2.57. The molecular formula is C25H24N4OS. The number of anilines is 2. The Labute approximate surface area is 188 Å². The Balaban J connectivity index is 1.70. The van der Waals surface area contributed by atoms with Crippen molar-refractivity contribution in [2.75, 3.05) is 9.80 Å². The lowest BCUT2D eigenvalue weighted by molar-refractivity contribution is -0.121. The second-order valence-electron chi connectivity index (χ2n) is 8.29. The Morgan fingerprint density at radius 2 is 1.74 bits per heavy atom. The fourth-order valence-corrected chi connectivity index (χ4v) is 5.22. The van der Waals surface area contributed by atoms with Crippen LogP contribution in [0.4, 0.5) is 11.4 Å². The Hall–Kier alpha value is -3.22. The molecule has 0 radical (unpaired) electrons. The van der Waals surface area contributed by atoms with Gasteiger partial charge in [0.2, 0.25) is 0 Å². The first-order valence-corrected chi connectivity index (χ1v) is 11.1. The first kappa shape index (κ1) is 21.0. The van der Waals surface area contributed by atoms with Gasteiger partial charge in [0.25, 0.3) is 5.91 Å². The second-order valence-corrected chi connectivity index (χ2v) is 8.65. The molecule has 0 unspecified atom stereocenters. The molecule has 0 N–H and O–H groups in total. The van der Waals surface area contributed by atoms with Gasteiger partial charge in [-0.1, -0.05) is 25.0 Å². The molecule has 0 atom stereocenters. The summed E-state index contributed by atoms with van der Waals surface area (Å²) >= 11 is 5.87. The summed E-state index contributed by atoms with van der Waals surface area (Å²) in [7, 11) is 0.